The molecule has 10 heteroatoms. The van der Waals surface area contributed by atoms with Gasteiger partial charge in [0.2, 0.25) is 11.8 Å². The summed E-state index contributed by atoms with van der Waals surface area (Å²) in [4.78, 5) is 22.1. The van der Waals surface area contributed by atoms with Crippen LogP contribution in [-0.4, -0.2) is 50.3 Å². The van der Waals surface area contributed by atoms with Gasteiger partial charge in [-0.2, -0.15) is 0 Å². The van der Waals surface area contributed by atoms with Gasteiger partial charge < -0.3 is 20.6 Å². The summed E-state index contributed by atoms with van der Waals surface area (Å²) < 4.78 is 4.92. The number of carbonyl (C=O) groups is 2. The molecule has 0 saturated carbocycles. The van der Waals surface area contributed by atoms with Crippen LogP contribution in [0.3, 0.4) is 0 Å². The van der Waals surface area contributed by atoms with Gasteiger partial charge in [-0.1, -0.05) is 11.4 Å². The first-order valence-electron chi connectivity index (χ1n) is 6.66. The lowest BCUT2D eigenvalue weighted by Gasteiger charge is -2.01. The molecule has 0 unspecified atom stereocenters. The van der Waals surface area contributed by atoms with Crippen LogP contribution < -0.4 is 11.1 Å². The van der Waals surface area contributed by atoms with Gasteiger partial charge in [0.15, 0.2) is 0 Å². The number of tetrazole rings is 1. The van der Waals surface area contributed by atoms with Crippen LogP contribution in [0.25, 0.3) is 5.88 Å². The quantitative estimate of drug-likeness (QED) is 0.496. The van der Waals surface area contributed by atoms with E-state index in [9.17, 15) is 9.59 Å². The molecule has 10 nitrogen and oxygen atoms in total. The van der Waals surface area contributed by atoms with Gasteiger partial charge in [-0.05, 0) is 31.2 Å². The van der Waals surface area contributed by atoms with Crippen LogP contribution in [0.5, 0.6) is 0 Å². The smallest absolute Gasteiger partial charge is 0.377 e. The zero-order valence-corrected chi connectivity index (χ0v) is 12.6. The Hall–Kier alpha value is -3.01. The minimum Gasteiger partial charge on any atom is -0.475 e. The Balaban J connectivity index is 0.000000241. The van der Waals surface area contributed by atoms with Gasteiger partial charge >= 0.3 is 5.97 Å². The summed E-state index contributed by atoms with van der Waals surface area (Å²) in [6, 6.07) is 3.23. The van der Waals surface area contributed by atoms with Crippen LogP contribution in [0.4, 0.5) is 0 Å². The fourth-order valence-electron chi connectivity index (χ4n) is 1.23. The molecule has 2 aromatic heterocycles. The van der Waals surface area contributed by atoms with Crippen LogP contribution in [0.1, 0.15) is 24.0 Å². The van der Waals surface area contributed by atoms with Crippen LogP contribution >= 0.6 is 0 Å². The summed E-state index contributed by atoms with van der Waals surface area (Å²) in [5.41, 5.74) is 5.76. The lowest BCUT2D eigenvalue weighted by atomic mass is 10.3. The second-order valence-electron chi connectivity index (χ2n) is 4.34. The van der Waals surface area contributed by atoms with Gasteiger partial charge in [0.05, 0.1) is 6.26 Å². The summed E-state index contributed by atoms with van der Waals surface area (Å²) in [5, 5.41) is 21.5. The number of carboxylic acids is 1. The Morgan fingerprint density at radius 2 is 2.26 bits per heavy atom. The number of aromatic nitrogens is 4. The Bertz CT molecular complexity index is 649. The first-order valence-corrected chi connectivity index (χ1v) is 6.66. The van der Waals surface area contributed by atoms with Crippen molar-refractivity contribution in [2.45, 2.75) is 13.3 Å². The molecular weight excluding hydrogens is 304 g/mol. The third-order valence-corrected chi connectivity index (χ3v) is 2.36. The molecule has 4 N–H and O–H groups in total. The number of aromatic carboxylic acids is 1. The molecule has 0 radical (unpaired) electrons. The zero-order chi connectivity index (χ0) is 17.2. The van der Waals surface area contributed by atoms with Crippen molar-refractivity contribution in [1.82, 2.24) is 25.5 Å². The van der Waals surface area contributed by atoms with E-state index in [0.29, 0.717) is 24.5 Å². The maximum atomic E-state index is 10.8. The molecule has 0 atom stereocenters. The fraction of sp³-hybridized carbons (Fsp3) is 0.308. The van der Waals surface area contributed by atoms with E-state index in [-0.39, 0.29) is 11.7 Å². The zero-order valence-electron chi connectivity index (χ0n) is 12.6. The highest BCUT2D eigenvalue weighted by Crippen LogP contribution is 2.03. The number of hydrogen-bond donors (Lipinski definition) is 3. The van der Waals surface area contributed by atoms with Crippen molar-refractivity contribution >= 4 is 11.9 Å². The van der Waals surface area contributed by atoms with Crippen molar-refractivity contribution < 1.29 is 19.1 Å². The second-order valence-corrected chi connectivity index (χ2v) is 4.34. The van der Waals surface area contributed by atoms with E-state index in [1.807, 2.05) is 0 Å². The Morgan fingerprint density at radius 3 is 2.74 bits per heavy atom. The van der Waals surface area contributed by atoms with Crippen molar-refractivity contribution in [3.05, 3.63) is 36.4 Å². The molecule has 0 aromatic carbocycles. The maximum Gasteiger partial charge on any atom is 0.377 e. The fourth-order valence-corrected chi connectivity index (χ4v) is 1.23. The molecule has 124 valence electrons. The number of nitrogens with zero attached hydrogens (tertiary/aromatic N) is 4. The van der Waals surface area contributed by atoms with Gasteiger partial charge in [0, 0.05) is 18.2 Å². The van der Waals surface area contributed by atoms with E-state index < -0.39 is 5.97 Å². The van der Waals surface area contributed by atoms with Gasteiger partial charge in [0.1, 0.15) is 0 Å². The first kappa shape index (κ1) is 18.0. The predicted octanol–water partition coefficient (Wildman–Crippen LogP) is -0.0190. The number of nitrogens with one attached hydrogen (secondary N) is 1. The number of furan rings is 1. The average molecular weight is 322 g/mol. The number of carbonyl (C=O) groups excluding carboxylic acids is 1. The van der Waals surface area contributed by atoms with Crippen LogP contribution in [0.15, 0.2) is 35.0 Å². The number of amides is 1. The summed E-state index contributed by atoms with van der Waals surface area (Å²) >= 11 is 0. The van der Waals surface area contributed by atoms with Crippen molar-refractivity contribution in [2.75, 3.05) is 13.1 Å². The highest BCUT2D eigenvalue weighted by atomic mass is 16.4. The number of rotatable bonds is 6. The van der Waals surface area contributed by atoms with Crippen molar-refractivity contribution in [3.63, 3.8) is 0 Å². The predicted molar refractivity (Wildman–Crippen MR) is 79.9 cm³/mol. The van der Waals surface area contributed by atoms with Gasteiger partial charge in [-0.3, -0.25) is 4.79 Å². The minimum absolute atomic E-state index is 0.0894. The summed E-state index contributed by atoms with van der Waals surface area (Å²) in [7, 11) is 0. The summed E-state index contributed by atoms with van der Waals surface area (Å²) in [6.07, 6.45) is 2.25. The maximum absolute atomic E-state index is 10.8. The van der Waals surface area contributed by atoms with Crippen LogP contribution in [0, 0.1) is 0 Å². The average Bonchev–Trinajstić information content (AvgIpc) is 3.18. The molecule has 0 fully saturated rings. The minimum atomic E-state index is -1.22. The van der Waals surface area contributed by atoms with E-state index in [4.69, 9.17) is 15.3 Å². The molecule has 0 aliphatic rings. The monoisotopic (exact) mass is 322 g/mol. The number of carboxylic acid groups (broad SMARTS) is 1. The molecule has 0 spiro atoms. The topological polar surface area (TPSA) is 149 Å². The Morgan fingerprint density at radius 1 is 1.52 bits per heavy atom. The normalized spacial score (nSPS) is 9.65. The summed E-state index contributed by atoms with van der Waals surface area (Å²) in [6.45, 7) is 6.42. The first-order chi connectivity index (χ1) is 11.0. The molecule has 2 heterocycles. The molecule has 2 aromatic rings. The molecule has 23 heavy (non-hydrogen) atoms. The number of nitrogens with two attached hydrogens (primary N) is 1. The SMILES string of the molecule is C=C(C)C(=O)NCCCN.O=C(O)c1nnn(-c2ccco2)n1. The van der Waals surface area contributed by atoms with E-state index in [1.165, 1.54) is 6.26 Å². The lowest BCUT2D eigenvalue weighted by Crippen LogP contribution is -2.26. The van der Waals surface area contributed by atoms with E-state index in [0.717, 1.165) is 11.2 Å². The highest BCUT2D eigenvalue weighted by molar-refractivity contribution is 5.92. The van der Waals surface area contributed by atoms with E-state index >= 15 is 0 Å². The summed E-state index contributed by atoms with van der Waals surface area (Å²) in [5.74, 6) is -1.36. The molecular formula is C13H18N6O4. The van der Waals surface area contributed by atoms with E-state index in [1.54, 1.807) is 19.1 Å². The molecule has 1 amide bonds. The molecule has 0 aliphatic carbocycles. The standard InChI is InChI=1S/C7H14N2O.C6H4N4O3/c1-6(2)7(10)9-5-3-4-8;11-6(12)5-7-9-10(8-5)4-2-1-3-13-4/h1,3-5,8H2,2H3,(H,9,10);1-3H,(H,11,12). The largest absolute Gasteiger partial charge is 0.475 e. The van der Waals surface area contributed by atoms with Crippen molar-refractivity contribution in [1.29, 1.82) is 0 Å². The molecule has 2 rings (SSSR count). The molecule has 0 aliphatic heterocycles. The third kappa shape index (κ3) is 6.09. The van der Waals surface area contributed by atoms with Gasteiger partial charge in [-0.15, -0.1) is 10.2 Å². The van der Waals surface area contributed by atoms with Gasteiger partial charge in [0.25, 0.3) is 5.82 Å². The Labute approximate surface area is 132 Å². The van der Waals surface area contributed by atoms with E-state index in [2.05, 4.69) is 27.3 Å². The second kappa shape index (κ2) is 9.10. The van der Waals surface area contributed by atoms with Crippen LogP contribution in [0.2, 0.25) is 0 Å². The molecule has 0 saturated heterocycles. The van der Waals surface area contributed by atoms with Gasteiger partial charge in [-0.25, -0.2) is 4.79 Å². The van der Waals surface area contributed by atoms with Crippen molar-refractivity contribution in [2.24, 2.45) is 5.73 Å². The lowest BCUT2D eigenvalue weighted by molar-refractivity contribution is -0.117. The number of hydrogen-bond acceptors (Lipinski definition) is 7. The van der Waals surface area contributed by atoms with Crippen LogP contribution in [-0.2, 0) is 4.79 Å². The molecule has 0 bridgehead atoms. The highest BCUT2D eigenvalue weighted by Gasteiger charge is 2.12. The van der Waals surface area contributed by atoms with Crippen molar-refractivity contribution in [3.8, 4) is 5.88 Å². The Kier molecular flexibility index (Phi) is 7.14. The third-order valence-electron chi connectivity index (χ3n) is 2.36.